The van der Waals surface area contributed by atoms with E-state index < -0.39 is 22.8 Å². The number of unbranched alkanes of at least 4 members (excludes halogenated alkanes) is 6. The number of fused-ring (bicyclic) bond motifs is 12. The van der Waals surface area contributed by atoms with E-state index in [1.165, 1.54) is 24.5 Å². The number of aliphatic hydroxyl groups excluding tert-OH is 2. The number of carboxylic acids is 2. The molecule has 14 heteroatoms. The predicted octanol–water partition coefficient (Wildman–Crippen LogP) is 9.22. The van der Waals surface area contributed by atoms with Crippen molar-refractivity contribution in [2.75, 3.05) is 40.6 Å². The van der Waals surface area contributed by atoms with Crippen molar-refractivity contribution in [1.29, 1.82) is 0 Å². The summed E-state index contributed by atoms with van der Waals surface area (Å²) in [4.78, 5) is 48.5. The van der Waals surface area contributed by atoms with E-state index in [1.54, 1.807) is 14.2 Å². The van der Waals surface area contributed by atoms with Crippen LogP contribution in [-0.2, 0) is 0 Å². The lowest BCUT2D eigenvalue weighted by Crippen LogP contribution is -2.32. The SMILES string of the molecule is COc1cc2c(cc1OCCCCCCO)[C@@H]1CCC(C)(C)[C@@H]1n1cc(C(=O)O)c(=O)cc1-2.COc1cc2c(cc1OCCCCCCO)[C@H]1CCC(C)(C)[C@H]1n1cc(C(=O)O)c(=O)cc1-2. The van der Waals surface area contributed by atoms with E-state index in [2.05, 4.69) is 39.8 Å². The first-order chi connectivity index (χ1) is 31.6. The van der Waals surface area contributed by atoms with E-state index in [0.29, 0.717) is 36.2 Å². The molecule has 2 fully saturated rings. The van der Waals surface area contributed by atoms with E-state index >= 15 is 0 Å². The number of benzene rings is 2. The highest BCUT2D eigenvalue weighted by Gasteiger charge is 2.49. The minimum Gasteiger partial charge on any atom is -0.493 e. The first kappa shape index (κ1) is 48.3. The van der Waals surface area contributed by atoms with Crippen LogP contribution in [0.1, 0.15) is 161 Å². The summed E-state index contributed by atoms with van der Waals surface area (Å²) < 4.78 is 27.5. The lowest BCUT2D eigenvalue weighted by Gasteiger charge is -2.40. The maximum Gasteiger partial charge on any atom is 0.341 e. The Balaban J connectivity index is 0.000000196. The van der Waals surface area contributed by atoms with Gasteiger partial charge in [-0.15, -0.1) is 0 Å². The number of ether oxygens (including phenoxy) is 4. The third-order valence-corrected chi connectivity index (χ3v) is 14.4. The van der Waals surface area contributed by atoms with Gasteiger partial charge in [0.05, 0.1) is 38.8 Å². The molecule has 0 radical (unpaired) electrons. The second-order valence-electron chi connectivity index (χ2n) is 19.6. The van der Waals surface area contributed by atoms with Gasteiger partial charge in [-0.05, 0) is 110 Å². The summed E-state index contributed by atoms with van der Waals surface area (Å²) >= 11 is 0. The molecular weight excluding hydrogens is 845 g/mol. The van der Waals surface area contributed by atoms with Crippen molar-refractivity contribution in [3.8, 4) is 45.5 Å². The van der Waals surface area contributed by atoms with Crippen LogP contribution in [0.5, 0.6) is 23.0 Å². The summed E-state index contributed by atoms with van der Waals surface area (Å²) in [6.45, 7) is 10.4. The maximum atomic E-state index is 12.6. The second kappa shape index (κ2) is 20.1. The van der Waals surface area contributed by atoms with Crippen molar-refractivity contribution in [2.24, 2.45) is 10.8 Å². The van der Waals surface area contributed by atoms with Crippen LogP contribution in [0.4, 0.5) is 0 Å². The molecule has 4 N–H and O–H groups in total. The van der Waals surface area contributed by atoms with Crippen molar-refractivity contribution in [3.63, 3.8) is 0 Å². The zero-order valence-electron chi connectivity index (χ0n) is 39.2. The molecule has 0 amide bonds. The van der Waals surface area contributed by atoms with Gasteiger partial charge in [0.1, 0.15) is 11.1 Å². The van der Waals surface area contributed by atoms with E-state index in [4.69, 9.17) is 29.2 Å². The minimum atomic E-state index is -1.20. The van der Waals surface area contributed by atoms with Crippen molar-refractivity contribution in [2.45, 2.75) is 129 Å². The molecule has 0 unspecified atom stereocenters. The third kappa shape index (κ3) is 9.49. The molecule has 2 aromatic carbocycles. The normalized spacial score (nSPS) is 20.0. The topological polar surface area (TPSA) is 196 Å². The Morgan fingerprint density at radius 2 is 0.955 bits per heavy atom. The monoisotopic (exact) mass is 910 g/mol. The quantitative estimate of drug-likeness (QED) is 0.0692. The van der Waals surface area contributed by atoms with Gasteiger partial charge in [0, 0.05) is 72.8 Å². The van der Waals surface area contributed by atoms with Gasteiger partial charge in [-0.25, -0.2) is 9.59 Å². The van der Waals surface area contributed by atoms with E-state index in [1.807, 2.05) is 21.3 Å². The van der Waals surface area contributed by atoms with Gasteiger partial charge in [-0.2, -0.15) is 0 Å². The Hall–Kier alpha value is -5.60. The number of aromatic nitrogens is 2. The Morgan fingerprint density at radius 3 is 1.30 bits per heavy atom. The van der Waals surface area contributed by atoms with Crippen LogP contribution in [0, 0.1) is 10.8 Å². The molecular formula is C52H66N2O12. The molecule has 2 aliphatic carbocycles. The summed E-state index contributed by atoms with van der Waals surface area (Å²) in [5.74, 6) is 0.582. The van der Waals surface area contributed by atoms with Crippen LogP contribution in [0.25, 0.3) is 22.5 Å². The molecule has 8 rings (SSSR count). The van der Waals surface area contributed by atoms with Gasteiger partial charge in [0.15, 0.2) is 33.9 Å². The van der Waals surface area contributed by atoms with Gasteiger partial charge in [-0.1, -0.05) is 40.5 Å². The van der Waals surface area contributed by atoms with Crippen LogP contribution in [-0.4, -0.2) is 82.1 Å². The molecule has 2 saturated carbocycles. The van der Waals surface area contributed by atoms with Crippen molar-refractivity contribution in [3.05, 3.63) is 91.5 Å². The van der Waals surface area contributed by atoms with E-state index in [9.17, 15) is 29.4 Å². The molecule has 14 nitrogen and oxygen atoms in total. The zero-order chi connectivity index (χ0) is 47.5. The van der Waals surface area contributed by atoms with Crippen molar-refractivity contribution < 1.29 is 49.0 Å². The number of carboxylic acid groups (broad SMARTS) is 2. The van der Waals surface area contributed by atoms with Crippen LogP contribution < -0.4 is 29.8 Å². The van der Waals surface area contributed by atoms with Gasteiger partial charge in [-0.3, -0.25) is 9.59 Å². The molecule has 2 aliphatic heterocycles. The van der Waals surface area contributed by atoms with Crippen LogP contribution in [0.15, 0.2) is 58.4 Å². The van der Waals surface area contributed by atoms with Gasteiger partial charge >= 0.3 is 11.9 Å². The van der Waals surface area contributed by atoms with Crippen LogP contribution >= 0.6 is 0 Å². The fourth-order valence-corrected chi connectivity index (χ4v) is 11.1. The molecule has 4 atom stereocenters. The average molecular weight is 911 g/mol. The first-order valence-electron chi connectivity index (χ1n) is 23.5. The van der Waals surface area contributed by atoms with E-state index in [0.717, 1.165) is 111 Å². The molecule has 2 aromatic heterocycles. The molecule has 0 bridgehead atoms. The Bertz CT molecular complexity index is 2380. The summed E-state index contributed by atoms with van der Waals surface area (Å²) in [6.07, 6.45) is 14.4. The molecule has 4 aliphatic rings. The first-order valence-corrected chi connectivity index (χ1v) is 23.5. The summed E-state index contributed by atoms with van der Waals surface area (Å²) in [7, 11) is 3.20. The standard InChI is InChI=1S/2C26H33NO6/c2*1-26(2)9-8-16-17-12-23(33-11-7-5-4-6-10-28)22(32-3)13-18(17)20-14-21(29)19(25(30)31)15-27(20)24(16)26/h2*12-16,24,28H,4-11H2,1-3H3,(H,30,31)/t2*16-,24+/m10/s1. The predicted molar refractivity (Wildman–Crippen MR) is 251 cm³/mol. The number of hydrogen-bond donors (Lipinski definition) is 4. The van der Waals surface area contributed by atoms with Crippen molar-refractivity contribution in [1.82, 2.24) is 9.13 Å². The minimum absolute atomic E-state index is 0.0460. The van der Waals surface area contributed by atoms with Gasteiger partial charge < -0.3 is 48.5 Å². The smallest absolute Gasteiger partial charge is 0.341 e. The summed E-state index contributed by atoms with van der Waals surface area (Å²) in [6, 6.07) is 11.0. The number of carbonyl (C=O) groups is 2. The number of aliphatic hydroxyl groups is 2. The summed E-state index contributed by atoms with van der Waals surface area (Å²) in [5, 5.41) is 36.9. The van der Waals surface area contributed by atoms with Crippen LogP contribution in [0.3, 0.4) is 0 Å². The fraction of sp³-hybridized carbons (Fsp3) is 0.538. The molecule has 4 aromatic rings. The number of hydrogen-bond acceptors (Lipinski definition) is 10. The van der Waals surface area contributed by atoms with Crippen molar-refractivity contribution >= 4 is 11.9 Å². The van der Waals surface area contributed by atoms with Gasteiger partial charge in [0.25, 0.3) is 0 Å². The van der Waals surface area contributed by atoms with E-state index in [-0.39, 0.29) is 59.1 Å². The highest BCUT2D eigenvalue weighted by Crippen LogP contribution is 2.61. The Kier molecular flexibility index (Phi) is 14.7. The molecule has 0 saturated heterocycles. The number of nitrogens with zero attached hydrogens (tertiary/aromatic N) is 2. The number of pyridine rings is 2. The Labute approximate surface area is 386 Å². The highest BCUT2D eigenvalue weighted by atomic mass is 16.5. The third-order valence-electron chi connectivity index (χ3n) is 14.4. The second-order valence-corrected chi connectivity index (χ2v) is 19.6. The highest BCUT2D eigenvalue weighted by molar-refractivity contribution is 5.88. The summed E-state index contributed by atoms with van der Waals surface area (Å²) in [5.41, 5.74) is 4.04. The lowest BCUT2D eigenvalue weighted by atomic mass is 9.77. The molecule has 0 spiro atoms. The largest absolute Gasteiger partial charge is 0.493 e. The lowest BCUT2D eigenvalue weighted by molar-refractivity contribution is 0.0683. The Morgan fingerprint density at radius 1 is 0.576 bits per heavy atom. The molecule has 66 heavy (non-hydrogen) atoms. The van der Waals surface area contributed by atoms with Crippen LogP contribution in [0.2, 0.25) is 0 Å². The number of rotatable bonds is 18. The zero-order valence-corrected chi connectivity index (χ0v) is 39.2. The fourth-order valence-electron chi connectivity index (χ4n) is 11.1. The molecule has 4 heterocycles. The molecule has 356 valence electrons. The maximum absolute atomic E-state index is 12.6. The van der Waals surface area contributed by atoms with Gasteiger partial charge in [0.2, 0.25) is 0 Å². The average Bonchev–Trinajstić information content (AvgIpc) is 3.79. The number of methoxy groups -OCH3 is 2. The number of aromatic carboxylic acids is 2.